The average molecular weight is 348 g/mol. The van der Waals surface area contributed by atoms with Crippen LogP contribution in [0.1, 0.15) is 36.6 Å². The van der Waals surface area contributed by atoms with Crippen LogP contribution in [0.5, 0.6) is 5.75 Å². The van der Waals surface area contributed by atoms with Crippen LogP contribution in [0.2, 0.25) is 0 Å². The van der Waals surface area contributed by atoms with Crippen LogP contribution in [-0.4, -0.2) is 6.54 Å². The summed E-state index contributed by atoms with van der Waals surface area (Å²) in [5.41, 5.74) is 3.64. The smallest absolute Gasteiger partial charge is 0.125 e. The Morgan fingerprint density at radius 3 is 2.71 bits per heavy atom. The first kappa shape index (κ1) is 16.1. The quantitative estimate of drug-likeness (QED) is 0.793. The van der Waals surface area contributed by atoms with Gasteiger partial charge in [0.1, 0.15) is 12.4 Å². The zero-order chi connectivity index (χ0) is 15.2. The van der Waals surface area contributed by atoms with Gasteiger partial charge in [0.25, 0.3) is 0 Å². The standard InChI is InChI=1S/C18H22BrNO/c1-4-20-14(3)17-9-8-16(19)11-18(17)21-12-15-7-5-6-13(2)10-15/h5-11,14,20H,4,12H2,1-3H3. The van der Waals surface area contributed by atoms with E-state index in [1.54, 1.807) is 0 Å². The number of rotatable bonds is 6. The predicted octanol–water partition coefficient (Wildman–Crippen LogP) is 5.01. The lowest BCUT2D eigenvalue weighted by atomic mass is 10.1. The van der Waals surface area contributed by atoms with Crippen molar-refractivity contribution in [3.63, 3.8) is 0 Å². The van der Waals surface area contributed by atoms with Crippen molar-refractivity contribution in [1.29, 1.82) is 0 Å². The first-order chi connectivity index (χ1) is 10.1. The Labute approximate surface area is 135 Å². The Hall–Kier alpha value is -1.32. The minimum absolute atomic E-state index is 0.274. The van der Waals surface area contributed by atoms with Crippen molar-refractivity contribution < 1.29 is 4.74 Å². The topological polar surface area (TPSA) is 21.3 Å². The highest BCUT2D eigenvalue weighted by atomic mass is 79.9. The molecule has 1 unspecified atom stereocenters. The number of aryl methyl sites for hydroxylation is 1. The van der Waals surface area contributed by atoms with Crippen molar-refractivity contribution >= 4 is 15.9 Å². The molecule has 0 aromatic heterocycles. The van der Waals surface area contributed by atoms with Gasteiger partial charge in [-0.3, -0.25) is 0 Å². The zero-order valence-corrected chi connectivity index (χ0v) is 14.4. The lowest BCUT2D eigenvalue weighted by molar-refractivity contribution is 0.299. The Kier molecular flexibility index (Phi) is 5.83. The maximum Gasteiger partial charge on any atom is 0.125 e. The van der Waals surface area contributed by atoms with E-state index in [1.807, 2.05) is 6.07 Å². The molecule has 0 saturated heterocycles. The molecule has 1 atom stereocenters. The van der Waals surface area contributed by atoms with Gasteiger partial charge in [0.2, 0.25) is 0 Å². The van der Waals surface area contributed by atoms with Crippen LogP contribution in [-0.2, 0) is 6.61 Å². The van der Waals surface area contributed by atoms with Crippen molar-refractivity contribution in [3.05, 3.63) is 63.6 Å². The summed E-state index contributed by atoms with van der Waals surface area (Å²) in [6.07, 6.45) is 0. The van der Waals surface area contributed by atoms with Gasteiger partial charge in [-0.2, -0.15) is 0 Å². The summed E-state index contributed by atoms with van der Waals surface area (Å²) >= 11 is 3.52. The van der Waals surface area contributed by atoms with Crippen LogP contribution in [0.25, 0.3) is 0 Å². The molecular weight excluding hydrogens is 326 g/mol. The molecule has 2 rings (SSSR count). The molecule has 0 aliphatic carbocycles. The van der Waals surface area contributed by atoms with Crippen LogP contribution >= 0.6 is 15.9 Å². The molecule has 21 heavy (non-hydrogen) atoms. The van der Waals surface area contributed by atoms with Crippen LogP contribution in [0.3, 0.4) is 0 Å². The highest BCUT2D eigenvalue weighted by molar-refractivity contribution is 9.10. The molecule has 0 aliphatic heterocycles. The lowest BCUT2D eigenvalue weighted by Gasteiger charge is -2.18. The van der Waals surface area contributed by atoms with Gasteiger partial charge in [-0.1, -0.05) is 58.7 Å². The summed E-state index contributed by atoms with van der Waals surface area (Å²) in [4.78, 5) is 0. The summed E-state index contributed by atoms with van der Waals surface area (Å²) in [6, 6.07) is 14.9. The van der Waals surface area contributed by atoms with Crippen molar-refractivity contribution in [2.45, 2.75) is 33.4 Å². The maximum absolute atomic E-state index is 6.06. The molecule has 0 fully saturated rings. The molecule has 0 bridgehead atoms. The van der Waals surface area contributed by atoms with Crippen molar-refractivity contribution in [2.24, 2.45) is 0 Å². The molecule has 1 N–H and O–H groups in total. The van der Waals surface area contributed by atoms with Gasteiger partial charge in [-0.25, -0.2) is 0 Å². The number of hydrogen-bond acceptors (Lipinski definition) is 2. The van der Waals surface area contributed by atoms with Crippen molar-refractivity contribution in [2.75, 3.05) is 6.54 Å². The number of hydrogen-bond donors (Lipinski definition) is 1. The monoisotopic (exact) mass is 347 g/mol. The van der Waals surface area contributed by atoms with Crippen LogP contribution < -0.4 is 10.1 Å². The SMILES string of the molecule is CCNC(C)c1ccc(Br)cc1OCc1cccc(C)c1. The van der Waals surface area contributed by atoms with Gasteiger partial charge >= 0.3 is 0 Å². The molecule has 2 aromatic carbocycles. The molecule has 2 nitrogen and oxygen atoms in total. The number of ether oxygens (including phenoxy) is 1. The van der Waals surface area contributed by atoms with E-state index in [0.717, 1.165) is 16.8 Å². The molecular formula is C18H22BrNO. The molecule has 0 saturated carbocycles. The fourth-order valence-corrected chi connectivity index (χ4v) is 2.71. The summed E-state index contributed by atoms with van der Waals surface area (Å²) in [5.74, 6) is 0.930. The molecule has 0 radical (unpaired) electrons. The van der Waals surface area contributed by atoms with E-state index in [4.69, 9.17) is 4.74 Å². The highest BCUT2D eigenvalue weighted by Crippen LogP contribution is 2.29. The maximum atomic E-state index is 6.06. The van der Waals surface area contributed by atoms with Gasteiger partial charge in [0, 0.05) is 16.1 Å². The summed E-state index contributed by atoms with van der Waals surface area (Å²) in [7, 11) is 0. The minimum atomic E-state index is 0.274. The number of halogens is 1. The second-order valence-corrected chi connectivity index (χ2v) is 6.15. The van der Waals surface area contributed by atoms with E-state index in [9.17, 15) is 0 Å². The second-order valence-electron chi connectivity index (χ2n) is 5.24. The van der Waals surface area contributed by atoms with Gasteiger partial charge < -0.3 is 10.1 Å². The van der Waals surface area contributed by atoms with Crippen LogP contribution in [0.15, 0.2) is 46.9 Å². The molecule has 3 heteroatoms. The first-order valence-electron chi connectivity index (χ1n) is 7.31. The van der Waals surface area contributed by atoms with Gasteiger partial charge in [0.15, 0.2) is 0 Å². The highest BCUT2D eigenvalue weighted by Gasteiger charge is 2.11. The normalized spacial score (nSPS) is 12.2. The van der Waals surface area contributed by atoms with E-state index in [-0.39, 0.29) is 6.04 Å². The van der Waals surface area contributed by atoms with Gasteiger partial charge in [-0.15, -0.1) is 0 Å². The van der Waals surface area contributed by atoms with Gasteiger partial charge in [0.05, 0.1) is 0 Å². The minimum Gasteiger partial charge on any atom is -0.489 e. The third-order valence-corrected chi connectivity index (χ3v) is 3.92. The van der Waals surface area contributed by atoms with E-state index >= 15 is 0 Å². The lowest BCUT2D eigenvalue weighted by Crippen LogP contribution is -2.18. The Morgan fingerprint density at radius 1 is 1.19 bits per heavy atom. The Balaban J connectivity index is 2.16. The van der Waals surface area contributed by atoms with E-state index in [1.165, 1.54) is 16.7 Å². The first-order valence-corrected chi connectivity index (χ1v) is 8.10. The predicted molar refractivity (Wildman–Crippen MR) is 91.7 cm³/mol. The summed E-state index contributed by atoms with van der Waals surface area (Å²) in [6.45, 7) is 7.90. The third kappa shape index (κ3) is 4.58. The van der Waals surface area contributed by atoms with Gasteiger partial charge in [-0.05, 0) is 38.1 Å². The summed E-state index contributed by atoms with van der Waals surface area (Å²) in [5, 5.41) is 3.43. The Bertz CT molecular complexity index is 598. The largest absolute Gasteiger partial charge is 0.489 e. The average Bonchev–Trinajstić information content (AvgIpc) is 2.45. The Morgan fingerprint density at radius 2 is 2.00 bits per heavy atom. The zero-order valence-electron chi connectivity index (χ0n) is 12.8. The number of benzene rings is 2. The third-order valence-electron chi connectivity index (χ3n) is 3.43. The molecule has 0 spiro atoms. The molecule has 0 amide bonds. The van der Waals surface area contributed by atoms with E-state index in [0.29, 0.717) is 6.61 Å². The molecule has 0 heterocycles. The van der Waals surface area contributed by atoms with E-state index in [2.05, 4.69) is 78.4 Å². The van der Waals surface area contributed by atoms with E-state index < -0.39 is 0 Å². The second kappa shape index (κ2) is 7.62. The number of nitrogens with one attached hydrogen (secondary N) is 1. The molecule has 0 aliphatic rings. The fraction of sp³-hybridized carbons (Fsp3) is 0.333. The van der Waals surface area contributed by atoms with Crippen LogP contribution in [0.4, 0.5) is 0 Å². The molecule has 2 aromatic rings. The summed E-state index contributed by atoms with van der Waals surface area (Å²) < 4.78 is 7.09. The van der Waals surface area contributed by atoms with Crippen LogP contribution in [0, 0.1) is 6.92 Å². The molecule has 112 valence electrons. The van der Waals surface area contributed by atoms with Crippen molar-refractivity contribution in [3.8, 4) is 5.75 Å². The fourth-order valence-electron chi connectivity index (χ4n) is 2.37. The van der Waals surface area contributed by atoms with Crippen molar-refractivity contribution in [1.82, 2.24) is 5.32 Å².